The SMILES string of the molecule is CC(C)C(c1ccccc1Cl)N(C)C(=O)c1cc(=O)c2ccccc2o1. The maximum atomic E-state index is 13.0. The van der Waals surface area contributed by atoms with E-state index in [0.29, 0.717) is 16.0 Å². The summed E-state index contributed by atoms with van der Waals surface area (Å²) < 4.78 is 5.70. The summed E-state index contributed by atoms with van der Waals surface area (Å²) in [6, 6.07) is 15.4. The van der Waals surface area contributed by atoms with Crippen molar-refractivity contribution in [2.75, 3.05) is 7.05 Å². The Morgan fingerprint density at radius 1 is 1.08 bits per heavy atom. The molecule has 0 spiro atoms. The van der Waals surface area contributed by atoms with E-state index in [2.05, 4.69) is 0 Å². The molecule has 5 heteroatoms. The van der Waals surface area contributed by atoms with E-state index in [1.54, 1.807) is 42.3 Å². The first-order valence-electron chi connectivity index (χ1n) is 8.44. The van der Waals surface area contributed by atoms with Crippen LogP contribution in [0.1, 0.15) is 36.0 Å². The largest absolute Gasteiger partial charge is 0.451 e. The van der Waals surface area contributed by atoms with Gasteiger partial charge in [-0.05, 0) is 29.7 Å². The van der Waals surface area contributed by atoms with E-state index in [4.69, 9.17) is 16.0 Å². The molecule has 0 radical (unpaired) electrons. The zero-order chi connectivity index (χ0) is 18.8. The molecule has 1 unspecified atom stereocenters. The highest BCUT2D eigenvalue weighted by molar-refractivity contribution is 6.31. The molecule has 0 aliphatic rings. The highest BCUT2D eigenvalue weighted by Crippen LogP contribution is 2.33. The molecule has 2 aromatic carbocycles. The van der Waals surface area contributed by atoms with Crippen molar-refractivity contribution >= 4 is 28.5 Å². The highest BCUT2D eigenvalue weighted by Gasteiger charge is 2.28. The molecule has 1 atom stereocenters. The van der Waals surface area contributed by atoms with Crippen molar-refractivity contribution in [2.45, 2.75) is 19.9 Å². The number of nitrogens with zero attached hydrogens (tertiary/aromatic N) is 1. The molecule has 0 aliphatic carbocycles. The predicted octanol–water partition coefficient (Wildman–Crippen LogP) is 4.92. The number of fused-ring (bicyclic) bond motifs is 1. The van der Waals surface area contributed by atoms with Gasteiger partial charge in [-0.25, -0.2) is 0 Å². The monoisotopic (exact) mass is 369 g/mol. The number of carbonyl (C=O) groups excluding carboxylic acids is 1. The topological polar surface area (TPSA) is 50.5 Å². The Hall–Kier alpha value is -2.59. The van der Waals surface area contributed by atoms with Gasteiger partial charge in [-0.15, -0.1) is 0 Å². The number of benzene rings is 2. The number of amides is 1. The van der Waals surface area contributed by atoms with Gasteiger partial charge in [-0.2, -0.15) is 0 Å². The Labute approximate surface area is 157 Å². The van der Waals surface area contributed by atoms with E-state index in [1.807, 2.05) is 32.0 Å². The van der Waals surface area contributed by atoms with E-state index in [-0.39, 0.29) is 29.1 Å². The first-order valence-corrected chi connectivity index (χ1v) is 8.82. The number of rotatable bonds is 4. The molecule has 4 nitrogen and oxygen atoms in total. The fourth-order valence-corrected chi connectivity index (χ4v) is 3.49. The molecule has 0 fully saturated rings. The zero-order valence-corrected chi connectivity index (χ0v) is 15.7. The summed E-state index contributed by atoms with van der Waals surface area (Å²) in [5.74, 6) is -0.212. The molecule has 0 bridgehead atoms. The van der Waals surface area contributed by atoms with Crippen LogP contribution in [0.25, 0.3) is 11.0 Å². The smallest absolute Gasteiger partial charge is 0.289 e. The van der Waals surface area contributed by atoms with E-state index in [0.717, 1.165) is 5.56 Å². The molecule has 134 valence electrons. The van der Waals surface area contributed by atoms with Gasteiger partial charge in [0.2, 0.25) is 0 Å². The van der Waals surface area contributed by atoms with Crippen LogP contribution in [-0.4, -0.2) is 17.9 Å². The van der Waals surface area contributed by atoms with Gasteiger partial charge in [0.1, 0.15) is 5.58 Å². The Balaban J connectivity index is 2.03. The maximum Gasteiger partial charge on any atom is 0.289 e. The van der Waals surface area contributed by atoms with Gasteiger partial charge >= 0.3 is 0 Å². The van der Waals surface area contributed by atoms with Crippen LogP contribution in [-0.2, 0) is 0 Å². The summed E-state index contributed by atoms with van der Waals surface area (Å²) in [4.78, 5) is 26.9. The molecule has 0 saturated carbocycles. The number of carbonyl (C=O) groups is 1. The molecular formula is C21H20ClNO3. The van der Waals surface area contributed by atoms with Gasteiger partial charge in [-0.1, -0.05) is 55.8 Å². The van der Waals surface area contributed by atoms with Crippen molar-refractivity contribution in [1.82, 2.24) is 4.90 Å². The summed E-state index contributed by atoms with van der Waals surface area (Å²) in [6.45, 7) is 4.04. The quantitative estimate of drug-likeness (QED) is 0.656. The normalized spacial score (nSPS) is 12.3. The molecule has 3 rings (SSSR count). The number of hydrogen-bond donors (Lipinski definition) is 0. The average molecular weight is 370 g/mol. The van der Waals surface area contributed by atoms with Crippen molar-refractivity contribution in [1.29, 1.82) is 0 Å². The predicted molar refractivity (Wildman–Crippen MR) is 104 cm³/mol. The van der Waals surface area contributed by atoms with Gasteiger partial charge in [0.05, 0.1) is 11.4 Å². The van der Waals surface area contributed by atoms with Crippen LogP contribution in [0.2, 0.25) is 5.02 Å². The van der Waals surface area contributed by atoms with Gasteiger partial charge in [0.15, 0.2) is 11.2 Å². The minimum Gasteiger partial charge on any atom is -0.451 e. The summed E-state index contributed by atoms with van der Waals surface area (Å²) in [5.41, 5.74) is 1.03. The van der Waals surface area contributed by atoms with Crippen LogP contribution >= 0.6 is 11.6 Å². The molecule has 1 aromatic heterocycles. The first kappa shape index (κ1) is 18.2. The summed E-state index contributed by atoms with van der Waals surface area (Å²) in [6.07, 6.45) is 0. The molecule has 3 aromatic rings. The number of halogens is 1. The van der Waals surface area contributed by atoms with Crippen LogP contribution in [0.3, 0.4) is 0 Å². The van der Waals surface area contributed by atoms with Crippen LogP contribution in [0.5, 0.6) is 0 Å². The van der Waals surface area contributed by atoms with Crippen molar-refractivity contribution in [3.8, 4) is 0 Å². The Kier molecular flexibility index (Phi) is 5.14. The Morgan fingerprint density at radius 3 is 2.42 bits per heavy atom. The minimum atomic E-state index is -0.355. The Bertz CT molecular complexity index is 1010. The van der Waals surface area contributed by atoms with Crippen molar-refractivity contribution < 1.29 is 9.21 Å². The van der Waals surface area contributed by atoms with Crippen molar-refractivity contribution in [2.24, 2.45) is 5.92 Å². The lowest BCUT2D eigenvalue weighted by molar-refractivity contribution is 0.0655. The van der Waals surface area contributed by atoms with Gasteiger partial charge < -0.3 is 9.32 Å². The average Bonchev–Trinajstić information content (AvgIpc) is 2.62. The molecule has 1 heterocycles. The third kappa shape index (κ3) is 3.37. The van der Waals surface area contributed by atoms with Crippen LogP contribution in [0, 0.1) is 5.92 Å². The maximum absolute atomic E-state index is 13.0. The summed E-state index contributed by atoms with van der Waals surface area (Å²) in [7, 11) is 1.70. The van der Waals surface area contributed by atoms with Gasteiger partial charge in [0, 0.05) is 18.1 Å². The van der Waals surface area contributed by atoms with Crippen molar-refractivity contribution in [3.63, 3.8) is 0 Å². The second kappa shape index (κ2) is 7.34. The third-order valence-electron chi connectivity index (χ3n) is 4.44. The molecule has 26 heavy (non-hydrogen) atoms. The fraction of sp³-hybridized carbons (Fsp3) is 0.238. The lowest BCUT2D eigenvalue weighted by atomic mass is 9.94. The summed E-state index contributed by atoms with van der Waals surface area (Å²) in [5, 5.41) is 1.06. The number of para-hydroxylation sites is 1. The minimum absolute atomic E-state index is 0.0221. The highest BCUT2D eigenvalue weighted by atomic mass is 35.5. The Morgan fingerprint density at radius 2 is 1.73 bits per heavy atom. The number of hydrogen-bond acceptors (Lipinski definition) is 3. The van der Waals surface area contributed by atoms with E-state index < -0.39 is 0 Å². The second-order valence-electron chi connectivity index (χ2n) is 6.60. The van der Waals surface area contributed by atoms with Crippen LogP contribution in [0.4, 0.5) is 0 Å². The lowest BCUT2D eigenvalue weighted by Gasteiger charge is -2.32. The van der Waals surface area contributed by atoms with Gasteiger partial charge in [-0.3, -0.25) is 9.59 Å². The molecular weight excluding hydrogens is 350 g/mol. The van der Waals surface area contributed by atoms with Gasteiger partial charge in [0.25, 0.3) is 5.91 Å². The second-order valence-corrected chi connectivity index (χ2v) is 7.00. The molecule has 0 N–H and O–H groups in total. The van der Waals surface area contributed by atoms with Crippen molar-refractivity contribution in [3.05, 3.63) is 81.2 Å². The first-order chi connectivity index (χ1) is 12.4. The lowest BCUT2D eigenvalue weighted by Crippen LogP contribution is -2.34. The van der Waals surface area contributed by atoms with E-state index in [9.17, 15) is 9.59 Å². The van der Waals surface area contributed by atoms with E-state index in [1.165, 1.54) is 6.07 Å². The summed E-state index contributed by atoms with van der Waals surface area (Å²) >= 11 is 6.35. The third-order valence-corrected chi connectivity index (χ3v) is 4.78. The van der Waals surface area contributed by atoms with E-state index >= 15 is 0 Å². The standard InChI is InChI=1S/C21H20ClNO3/c1-13(2)20(14-8-4-6-10-16(14)22)23(3)21(25)19-12-17(24)15-9-5-7-11-18(15)26-19/h4-13,20H,1-3H3. The van der Waals surface area contributed by atoms with Crippen LogP contribution < -0.4 is 5.43 Å². The zero-order valence-electron chi connectivity index (χ0n) is 14.9. The fourth-order valence-electron chi connectivity index (χ4n) is 3.24. The molecule has 0 saturated heterocycles. The van der Waals surface area contributed by atoms with Crippen LogP contribution in [0.15, 0.2) is 63.8 Å². The molecule has 0 aliphatic heterocycles. The molecule has 1 amide bonds.